The van der Waals surface area contributed by atoms with Crippen LogP contribution in [0.5, 0.6) is 11.5 Å². The van der Waals surface area contributed by atoms with E-state index in [4.69, 9.17) is 10.00 Å². The van der Waals surface area contributed by atoms with Crippen LogP contribution >= 0.6 is 11.9 Å². The van der Waals surface area contributed by atoms with Crippen LogP contribution in [0.2, 0.25) is 0 Å². The minimum absolute atomic E-state index is 0.108. The van der Waals surface area contributed by atoms with Gasteiger partial charge in [0.2, 0.25) is 5.96 Å². The maximum atomic E-state index is 13.7. The van der Waals surface area contributed by atoms with Crippen molar-refractivity contribution >= 4 is 23.6 Å². The van der Waals surface area contributed by atoms with Crippen molar-refractivity contribution in [1.29, 1.82) is 5.26 Å². The maximum absolute atomic E-state index is 13.7. The molecule has 2 heterocycles. The molecular formula is C20H14FN5OS. The molecular weight excluding hydrogens is 377 g/mol. The number of halogens is 1. The predicted octanol–water partition coefficient (Wildman–Crippen LogP) is 4.46. The van der Waals surface area contributed by atoms with Crippen LogP contribution in [0.4, 0.5) is 10.1 Å². The van der Waals surface area contributed by atoms with Crippen LogP contribution in [0, 0.1) is 17.1 Å². The quantitative estimate of drug-likeness (QED) is 0.639. The van der Waals surface area contributed by atoms with Crippen LogP contribution in [-0.4, -0.2) is 10.9 Å². The number of nitrogens with zero attached hydrogens (tertiary/aromatic N) is 3. The Balaban J connectivity index is 1.54. The summed E-state index contributed by atoms with van der Waals surface area (Å²) in [5.74, 6) is 1.33. The Labute approximate surface area is 165 Å². The molecule has 0 bridgehead atoms. The number of fused-ring (bicyclic) bond motifs is 1. The lowest BCUT2D eigenvalue weighted by molar-refractivity contribution is 0.483. The van der Waals surface area contributed by atoms with Gasteiger partial charge in [0.1, 0.15) is 11.6 Å². The fourth-order valence-electron chi connectivity index (χ4n) is 2.54. The zero-order chi connectivity index (χ0) is 19.3. The lowest BCUT2D eigenvalue weighted by Gasteiger charge is -2.22. The van der Waals surface area contributed by atoms with Crippen LogP contribution in [0.1, 0.15) is 11.3 Å². The topological polar surface area (TPSA) is 82.3 Å². The Kier molecular flexibility index (Phi) is 5.08. The molecule has 1 aliphatic rings. The Morgan fingerprint density at radius 1 is 1.14 bits per heavy atom. The number of anilines is 1. The molecule has 3 aromatic rings. The number of aromatic nitrogens is 1. The van der Waals surface area contributed by atoms with Gasteiger partial charge in [0.25, 0.3) is 0 Å². The van der Waals surface area contributed by atoms with E-state index in [0.29, 0.717) is 23.0 Å². The second kappa shape index (κ2) is 7.98. The number of aliphatic imine (C=N–C) groups is 1. The largest absolute Gasteiger partial charge is 0.455 e. The molecule has 2 N–H and O–H groups in total. The van der Waals surface area contributed by atoms with E-state index >= 15 is 0 Å². The van der Waals surface area contributed by atoms with E-state index < -0.39 is 0 Å². The number of rotatable bonds is 4. The molecule has 0 fully saturated rings. The van der Waals surface area contributed by atoms with Gasteiger partial charge in [-0.25, -0.2) is 9.38 Å². The molecule has 0 spiro atoms. The fraction of sp³-hybridized carbons (Fsp3) is 0.0500. The summed E-state index contributed by atoms with van der Waals surface area (Å²) in [5, 5.41) is 12.1. The Hall–Kier alpha value is -3.57. The van der Waals surface area contributed by atoms with Crippen LogP contribution in [0.25, 0.3) is 0 Å². The number of pyridine rings is 1. The number of hydrogen-bond donors (Lipinski definition) is 2. The molecule has 8 heteroatoms. The Bertz CT molecular complexity index is 1080. The highest BCUT2D eigenvalue weighted by Gasteiger charge is 2.18. The van der Waals surface area contributed by atoms with Crippen LogP contribution in [-0.2, 0) is 6.54 Å². The highest BCUT2D eigenvalue weighted by atomic mass is 32.2. The summed E-state index contributed by atoms with van der Waals surface area (Å²) in [6, 6.07) is 17.5. The molecule has 0 radical (unpaired) electrons. The Morgan fingerprint density at radius 3 is 2.79 bits per heavy atom. The number of hydrogen-bond acceptors (Lipinski definition) is 5. The lowest BCUT2D eigenvalue weighted by atomic mass is 10.2. The zero-order valence-electron chi connectivity index (χ0n) is 14.5. The van der Waals surface area contributed by atoms with Gasteiger partial charge in [0.05, 0.1) is 34.5 Å². The molecule has 0 aliphatic carbocycles. The van der Waals surface area contributed by atoms with Crippen molar-refractivity contribution in [2.75, 3.05) is 5.32 Å². The summed E-state index contributed by atoms with van der Waals surface area (Å²) in [7, 11) is 0. The second-order valence-corrected chi connectivity index (χ2v) is 6.64. The van der Waals surface area contributed by atoms with Gasteiger partial charge in [-0.1, -0.05) is 6.07 Å². The summed E-state index contributed by atoms with van der Waals surface area (Å²) in [4.78, 5) is 9.30. The van der Waals surface area contributed by atoms with E-state index in [1.165, 1.54) is 24.2 Å². The number of para-hydroxylation sites is 1. The minimum Gasteiger partial charge on any atom is -0.455 e. The van der Waals surface area contributed by atoms with Gasteiger partial charge in [-0.05, 0) is 60.5 Å². The molecule has 0 atom stereocenters. The van der Waals surface area contributed by atoms with Crippen molar-refractivity contribution in [2.24, 2.45) is 4.99 Å². The SMILES string of the molecule is N#Cc1ccc(Oc2cccc3c2NC(=NCc2ncccc2F)NS3)cc1. The first-order valence-electron chi connectivity index (χ1n) is 8.38. The third-order valence-corrected chi connectivity index (χ3v) is 4.78. The molecule has 0 unspecified atom stereocenters. The average Bonchev–Trinajstić information content (AvgIpc) is 2.74. The molecule has 0 saturated carbocycles. The maximum Gasteiger partial charge on any atom is 0.206 e. The summed E-state index contributed by atoms with van der Waals surface area (Å²) in [5.41, 5.74) is 1.60. The third kappa shape index (κ3) is 3.89. The number of ether oxygens (including phenoxy) is 1. The lowest BCUT2D eigenvalue weighted by Crippen LogP contribution is -2.29. The zero-order valence-corrected chi connectivity index (χ0v) is 15.3. The normalized spacial score (nSPS) is 13.8. The van der Waals surface area contributed by atoms with Gasteiger partial charge in [0, 0.05) is 6.20 Å². The standard InChI is InChI=1S/C20H14FN5OS/c21-15-3-2-10-23-16(15)12-24-20-25-19-17(4-1-5-18(19)28-26-20)27-14-8-6-13(11-22)7-9-14/h1-10H,12H2,(H2,24,25,26). The first kappa shape index (κ1) is 17.8. The highest BCUT2D eigenvalue weighted by molar-refractivity contribution is 7.98. The van der Waals surface area contributed by atoms with Gasteiger partial charge in [-0.2, -0.15) is 5.26 Å². The summed E-state index contributed by atoms with van der Waals surface area (Å²) >= 11 is 1.39. The molecule has 6 nitrogen and oxygen atoms in total. The van der Waals surface area contributed by atoms with Crippen molar-refractivity contribution in [3.63, 3.8) is 0 Å². The van der Waals surface area contributed by atoms with Gasteiger partial charge in [0.15, 0.2) is 5.75 Å². The number of nitriles is 1. The molecule has 2 aromatic carbocycles. The number of nitrogens with one attached hydrogen (secondary N) is 2. The molecule has 28 heavy (non-hydrogen) atoms. The second-order valence-electron chi connectivity index (χ2n) is 5.79. The van der Waals surface area contributed by atoms with E-state index in [-0.39, 0.29) is 18.1 Å². The minimum atomic E-state index is -0.388. The van der Waals surface area contributed by atoms with Crippen LogP contribution in [0.3, 0.4) is 0 Å². The van der Waals surface area contributed by atoms with Crippen molar-refractivity contribution < 1.29 is 9.13 Å². The van der Waals surface area contributed by atoms with Crippen LogP contribution < -0.4 is 14.8 Å². The first-order valence-corrected chi connectivity index (χ1v) is 9.19. The fourth-order valence-corrected chi connectivity index (χ4v) is 3.26. The molecule has 0 amide bonds. The van der Waals surface area contributed by atoms with E-state index in [2.05, 4.69) is 26.1 Å². The Morgan fingerprint density at radius 2 is 2.00 bits per heavy atom. The van der Waals surface area contributed by atoms with Gasteiger partial charge in [-0.15, -0.1) is 0 Å². The van der Waals surface area contributed by atoms with Gasteiger partial charge in [-0.3, -0.25) is 9.71 Å². The van der Waals surface area contributed by atoms with Crippen molar-refractivity contribution in [3.8, 4) is 17.6 Å². The van der Waals surface area contributed by atoms with Crippen LogP contribution in [0.15, 0.2) is 70.7 Å². The molecule has 1 aromatic heterocycles. The first-order chi connectivity index (χ1) is 13.7. The predicted molar refractivity (Wildman–Crippen MR) is 106 cm³/mol. The summed E-state index contributed by atoms with van der Waals surface area (Å²) < 4.78 is 22.8. The van der Waals surface area contributed by atoms with E-state index in [0.717, 1.165) is 10.6 Å². The van der Waals surface area contributed by atoms with Crippen molar-refractivity contribution in [3.05, 3.63) is 77.9 Å². The van der Waals surface area contributed by atoms with Gasteiger partial charge >= 0.3 is 0 Å². The smallest absolute Gasteiger partial charge is 0.206 e. The monoisotopic (exact) mass is 391 g/mol. The summed E-state index contributed by atoms with van der Waals surface area (Å²) in [6.45, 7) is 0.108. The third-order valence-electron chi connectivity index (χ3n) is 3.92. The molecule has 4 rings (SSSR count). The van der Waals surface area contributed by atoms with Gasteiger partial charge < -0.3 is 10.1 Å². The molecule has 138 valence electrons. The average molecular weight is 391 g/mol. The number of guanidine groups is 1. The highest BCUT2D eigenvalue weighted by Crippen LogP contribution is 2.38. The molecule has 0 saturated heterocycles. The van der Waals surface area contributed by atoms with Crippen molar-refractivity contribution in [2.45, 2.75) is 11.4 Å². The van der Waals surface area contributed by atoms with E-state index in [1.54, 1.807) is 30.3 Å². The van der Waals surface area contributed by atoms with E-state index in [9.17, 15) is 4.39 Å². The number of benzene rings is 2. The molecule has 1 aliphatic heterocycles. The summed E-state index contributed by atoms with van der Waals surface area (Å²) in [6.07, 6.45) is 1.54. The van der Waals surface area contributed by atoms with Crippen molar-refractivity contribution in [1.82, 2.24) is 9.71 Å². The van der Waals surface area contributed by atoms with E-state index in [1.807, 2.05) is 18.2 Å².